The van der Waals surface area contributed by atoms with Crippen molar-refractivity contribution in [3.63, 3.8) is 0 Å². The van der Waals surface area contributed by atoms with Crippen LogP contribution in [0.3, 0.4) is 0 Å². The summed E-state index contributed by atoms with van der Waals surface area (Å²) in [4.78, 5) is 18.9. The van der Waals surface area contributed by atoms with E-state index in [2.05, 4.69) is 14.7 Å². The quantitative estimate of drug-likeness (QED) is 0.783. The van der Waals surface area contributed by atoms with E-state index in [9.17, 15) is 9.18 Å². The van der Waals surface area contributed by atoms with Crippen LogP contribution in [0.5, 0.6) is 0 Å². The molecule has 1 spiro atoms. The van der Waals surface area contributed by atoms with Crippen LogP contribution in [0.25, 0.3) is 0 Å². The summed E-state index contributed by atoms with van der Waals surface area (Å²) >= 11 is 5.93. The van der Waals surface area contributed by atoms with Gasteiger partial charge in [0.1, 0.15) is 5.82 Å². The Balaban J connectivity index is 1.64. The van der Waals surface area contributed by atoms with Crippen LogP contribution < -0.4 is 0 Å². The third-order valence-electron chi connectivity index (χ3n) is 5.70. The maximum atomic E-state index is 13.4. The van der Waals surface area contributed by atoms with Crippen molar-refractivity contribution >= 4 is 17.5 Å². The van der Waals surface area contributed by atoms with Crippen molar-refractivity contribution in [1.82, 2.24) is 14.7 Å². The Morgan fingerprint density at radius 1 is 1.27 bits per heavy atom. The topological polar surface area (TPSA) is 26.8 Å². The molecule has 0 aromatic heterocycles. The zero-order valence-electron chi connectivity index (χ0n) is 15.8. The molecule has 6 heteroatoms. The van der Waals surface area contributed by atoms with Crippen LogP contribution in [0.1, 0.15) is 31.2 Å². The van der Waals surface area contributed by atoms with Crippen LogP contribution in [-0.2, 0) is 11.3 Å². The molecular formula is C20H29ClFN3O. The Hall–Kier alpha value is -1.17. The van der Waals surface area contributed by atoms with Crippen molar-refractivity contribution in [2.45, 2.75) is 32.2 Å². The van der Waals surface area contributed by atoms with Gasteiger partial charge in [-0.1, -0.05) is 17.7 Å². The molecule has 2 heterocycles. The lowest BCUT2D eigenvalue weighted by molar-refractivity contribution is -0.139. The van der Waals surface area contributed by atoms with Gasteiger partial charge in [0, 0.05) is 44.6 Å². The second kappa shape index (κ2) is 8.24. The zero-order valence-corrected chi connectivity index (χ0v) is 16.6. The molecule has 2 saturated heterocycles. The minimum Gasteiger partial charge on any atom is -0.341 e. The fraction of sp³-hybridized carbons (Fsp3) is 0.650. The molecule has 3 rings (SSSR count). The van der Waals surface area contributed by atoms with Gasteiger partial charge in [-0.3, -0.25) is 9.69 Å². The van der Waals surface area contributed by atoms with Crippen molar-refractivity contribution in [2.24, 2.45) is 5.41 Å². The van der Waals surface area contributed by atoms with Gasteiger partial charge in [-0.15, -0.1) is 0 Å². The van der Waals surface area contributed by atoms with Crippen LogP contribution in [0.2, 0.25) is 5.02 Å². The van der Waals surface area contributed by atoms with Crippen LogP contribution in [0.4, 0.5) is 4.39 Å². The molecule has 0 saturated carbocycles. The van der Waals surface area contributed by atoms with Crippen LogP contribution >= 0.6 is 11.6 Å². The van der Waals surface area contributed by atoms with Gasteiger partial charge in [0.2, 0.25) is 5.91 Å². The number of carbonyl (C=O) groups excluding carboxylic acids is 1. The number of likely N-dealkylation sites (N-methyl/N-ethyl adjacent to an activating group) is 1. The lowest BCUT2D eigenvalue weighted by Gasteiger charge is -2.48. The van der Waals surface area contributed by atoms with Crippen molar-refractivity contribution in [3.8, 4) is 0 Å². The van der Waals surface area contributed by atoms with E-state index in [-0.39, 0.29) is 16.3 Å². The summed E-state index contributed by atoms with van der Waals surface area (Å²) in [5, 5.41) is 0.187. The summed E-state index contributed by atoms with van der Waals surface area (Å²) in [6.45, 7) is 5.39. The summed E-state index contributed by atoms with van der Waals surface area (Å²) in [6, 6.07) is 4.99. The SMILES string of the molecule is CN(C)CCN1C[C@@]2(CCCN(Cc3ccc(F)c(Cl)c3)C2)CCC1=O. The predicted molar refractivity (Wildman–Crippen MR) is 103 cm³/mol. The van der Waals surface area contributed by atoms with Crippen LogP contribution in [0.15, 0.2) is 18.2 Å². The number of halogens is 2. The smallest absolute Gasteiger partial charge is 0.222 e. The highest BCUT2D eigenvalue weighted by Crippen LogP contribution is 2.39. The molecule has 4 nitrogen and oxygen atoms in total. The number of piperidine rings is 2. The van der Waals surface area contributed by atoms with Crippen LogP contribution in [0, 0.1) is 11.2 Å². The molecule has 1 atom stereocenters. The van der Waals surface area contributed by atoms with Crippen molar-refractivity contribution in [3.05, 3.63) is 34.6 Å². The van der Waals surface area contributed by atoms with Gasteiger partial charge in [0.25, 0.3) is 0 Å². The van der Waals surface area contributed by atoms with Gasteiger partial charge in [-0.25, -0.2) is 4.39 Å². The number of nitrogens with zero attached hydrogens (tertiary/aromatic N) is 3. The highest BCUT2D eigenvalue weighted by atomic mass is 35.5. The number of rotatable bonds is 5. The highest BCUT2D eigenvalue weighted by molar-refractivity contribution is 6.30. The van der Waals surface area contributed by atoms with E-state index in [1.54, 1.807) is 6.07 Å². The number of benzene rings is 1. The maximum Gasteiger partial charge on any atom is 0.222 e. The first-order chi connectivity index (χ1) is 12.4. The van der Waals surface area contributed by atoms with E-state index in [1.807, 2.05) is 20.2 Å². The second-order valence-electron chi connectivity index (χ2n) is 8.18. The highest BCUT2D eigenvalue weighted by Gasteiger charge is 2.41. The first kappa shape index (κ1) is 19.6. The van der Waals surface area contributed by atoms with Gasteiger partial charge < -0.3 is 9.80 Å². The third kappa shape index (κ3) is 4.76. The number of likely N-dealkylation sites (tertiary alicyclic amines) is 2. The molecule has 2 aliphatic rings. The van der Waals surface area contributed by atoms with E-state index < -0.39 is 0 Å². The van der Waals surface area contributed by atoms with Gasteiger partial charge in [0.15, 0.2) is 0 Å². The Labute approximate surface area is 160 Å². The van der Waals surface area contributed by atoms with Crippen molar-refractivity contribution in [1.29, 1.82) is 0 Å². The molecule has 1 aromatic carbocycles. The first-order valence-electron chi connectivity index (χ1n) is 9.46. The Morgan fingerprint density at radius 3 is 2.81 bits per heavy atom. The molecule has 144 valence electrons. The van der Waals surface area contributed by atoms with Crippen molar-refractivity contribution in [2.75, 3.05) is 46.8 Å². The van der Waals surface area contributed by atoms with E-state index in [0.29, 0.717) is 12.3 Å². The molecule has 0 unspecified atom stereocenters. The predicted octanol–water partition coefficient (Wildman–Crippen LogP) is 3.25. The minimum absolute atomic E-state index is 0.187. The first-order valence-corrected chi connectivity index (χ1v) is 9.83. The second-order valence-corrected chi connectivity index (χ2v) is 8.59. The molecule has 0 radical (unpaired) electrons. The van der Waals surface area contributed by atoms with E-state index in [0.717, 1.165) is 57.7 Å². The lowest BCUT2D eigenvalue weighted by Crippen LogP contribution is -2.54. The normalized spacial score (nSPS) is 24.7. The zero-order chi connectivity index (χ0) is 18.7. The monoisotopic (exact) mass is 381 g/mol. The molecular weight excluding hydrogens is 353 g/mol. The Bertz CT molecular complexity index is 654. The summed E-state index contributed by atoms with van der Waals surface area (Å²) in [6.07, 6.45) is 3.96. The van der Waals surface area contributed by atoms with Gasteiger partial charge in [-0.05, 0) is 57.6 Å². The van der Waals surface area contributed by atoms with Gasteiger partial charge in [0.05, 0.1) is 5.02 Å². The molecule has 2 aliphatic heterocycles. The van der Waals surface area contributed by atoms with Crippen molar-refractivity contribution < 1.29 is 9.18 Å². The van der Waals surface area contributed by atoms with E-state index in [1.165, 1.54) is 12.5 Å². The average Bonchev–Trinajstić information content (AvgIpc) is 2.59. The number of amides is 1. The fourth-order valence-corrected chi connectivity index (χ4v) is 4.50. The summed E-state index contributed by atoms with van der Waals surface area (Å²) in [5.41, 5.74) is 1.24. The maximum absolute atomic E-state index is 13.4. The molecule has 0 aliphatic carbocycles. The standard InChI is InChI=1S/C20H29ClFN3O/c1-23(2)10-11-25-15-20(8-6-19(25)26)7-3-9-24(14-20)13-16-4-5-18(22)17(21)12-16/h4-5,12H,3,6-11,13-15H2,1-2H3/t20-/m0/s1. The van der Waals surface area contributed by atoms with Crippen LogP contribution in [-0.4, -0.2) is 67.4 Å². The Kier molecular flexibility index (Phi) is 6.21. The van der Waals surface area contributed by atoms with E-state index in [4.69, 9.17) is 11.6 Å². The molecule has 26 heavy (non-hydrogen) atoms. The minimum atomic E-state index is -0.368. The van der Waals surface area contributed by atoms with E-state index >= 15 is 0 Å². The molecule has 0 N–H and O–H groups in total. The molecule has 2 fully saturated rings. The lowest BCUT2D eigenvalue weighted by atomic mass is 9.73. The fourth-order valence-electron chi connectivity index (χ4n) is 4.30. The molecule has 1 amide bonds. The number of hydrogen-bond acceptors (Lipinski definition) is 3. The molecule has 0 bridgehead atoms. The van der Waals surface area contributed by atoms with Gasteiger partial charge in [-0.2, -0.15) is 0 Å². The Morgan fingerprint density at radius 2 is 2.08 bits per heavy atom. The third-order valence-corrected chi connectivity index (χ3v) is 5.99. The summed E-state index contributed by atoms with van der Waals surface area (Å²) in [7, 11) is 4.08. The molecule has 1 aromatic rings. The largest absolute Gasteiger partial charge is 0.341 e. The number of hydrogen-bond donors (Lipinski definition) is 0. The van der Waals surface area contributed by atoms with Gasteiger partial charge >= 0.3 is 0 Å². The summed E-state index contributed by atoms with van der Waals surface area (Å²) < 4.78 is 13.4. The average molecular weight is 382 g/mol. The number of carbonyl (C=O) groups is 1. The summed E-state index contributed by atoms with van der Waals surface area (Å²) in [5.74, 6) is -0.0761.